The zero-order valence-corrected chi connectivity index (χ0v) is 11.5. The van der Waals surface area contributed by atoms with Gasteiger partial charge in [0, 0.05) is 6.42 Å². The van der Waals surface area contributed by atoms with Crippen LogP contribution in [0.4, 0.5) is 0 Å². The molecule has 3 nitrogen and oxygen atoms in total. The minimum atomic E-state index is -0.736. The maximum Gasteiger partial charge on any atom is 0.303 e. The lowest BCUT2D eigenvalue weighted by Crippen LogP contribution is -2.22. The number of thiazole rings is 1. The summed E-state index contributed by atoms with van der Waals surface area (Å²) in [6.07, 6.45) is 1.77. The number of benzene rings is 1. The third kappa shape index (κ3) is 2.88. The molecule has 18 heavy (non-hydrogen) atoms. The van der Waals surface area contributed by atoms with Crippen LogP contribution in [0.1, 0.15) is 31.7 Å². The van der Waals surface area contributed by atoms with Gasteiger partial charge in [-0.25, -0.2) is 4.98 Å². The second-order valence-corrected chi connectivity index (χ2v) is 6.10. The van der Waals surface area contributed by atoms with Crippen molar-refractivity contribution in [2.24, 2.45) is 5.41 Å². The van der Waals surface area contributed by atoms with E-state index in [9.17, 15) is 4.79 Å². The molecule has 2 rings (SSSR count). The molecule has 0 amide bonds. The summed E-state index contributed by atoms with van der Waals surface area (Å²) in [6, 6.07) is 8.02. The number of hydrogen-bond donors (Lipinski definition) is 1. The zero-order valence-electron chi connectivity index (χ0n) is 10.6. The van der Waals surface area contributed by atoms with Crippen molar-refractivity contribution >= 4 is 27.5 Å². The van der Waals surface area contributed by atoms with Gasteiger partial charge in [0.25, 0.3) is 0 Å². The van der Waals surface area contributed by atoms with Crippen molar-refractivity contribution in [3.8, 4) is 0 Å². The number of rotatable bonds is 5. The molecule has 0 bridgehead atoms. The summed E-state index contributed by atoms with van der Waals surface area (Å²) >= 11 is 1.66. The molecule has 0 radical (unpaired) electrons. The molecule has 1 N–H and O–H groups in total. The fraction of sp³-hybridized carbons (Fsp3) is 0.429. The highest BCUT2D eigenvalue weighted by molar-refractivity contribution is 7.18. The first-order valence-electron chi connectivity index (χ1n) is 6.09. The van der Waals surface area contributed by atoms with E-state index in [1.807, 2.05) is 32.0 Å². The highest BCUT2D eigenvalue weighted by atomic mass is 32.1. The van der Waals surface area contributed by atoms with Crippen molar-refractivity contribution in [1.29, 1.82) is 0 Å². The van der Waals surface area contributed by atoms with Gasteiger partial charge in [0.05, 0.1) is 21.6 Å². The van der Waals surface area contributed by atoms with Gasteiger partial charge in [-0.2, -0.15) is 0 Å². The molecule has 0 unspecified atom stereocenters. The maximum atomic E-state index is 10.9. The fourth-order valence-electron chi connectivity index (χ4n) is 2.04. The Morgan fingerprint density at radius 2 is 2.17 bits per heavy atom. The first kappa shape index (κ1) is 13.0. The molecule has 2 aromatic rings. The lowest BCUT2D eigenvalue weighted by atomic mass is 9.81. The van der Waals surface area contributed by atoms with Crippen LogP contribution in [0.5, 0.6) is 0 Å². The predicted molar refractivity (Wildman–Crippen MR) is 74.0 cm³/mol. The normalized spacial score (nSPS) is 14.6. The van der Waals surface area contributed by atoms with Crippen LogP contribution < -0.4 is 0 Å². The average molecular weight is 263 g/mol. The van der Waals surface area contributed by atoms with E-state index in [-0.39, 0.29) is 11.8 Å². The molecule has 1 aromatic heterocycles. The highest BCUT2D eigenvalue weighted by Gasteiger charge is 2.27. The second-order valence-electron chi connectivity index (χ2n) is 4.99. The molecular formula is C14H17NO2S. The van der Waals surface area contributed by atoms with Gasteiger partial charge >= 0.3 is 5.97 Å². The van der Waals surface area contributed by atoms with Crippen molar-refractivity contribution in [3.05, 3.63) is 29.3 Å². The Morgan fingerprint density at radius 1 is 1.44 bits per heavy atom. The lowest BCUT2D eigenvalue weighted by molar-refractivity contribution is -0.139. The molecule has 96 valence electrons. The third-order valence-corrected chi connectivity index (χ3v) is 4.38. The summed E-state index contributed by atoms with van der Waals surface area (Å²) in [6.45, 7) is 4.06. The Hall–Kier alpha value is -1.42. The Kier molecular flexibility index (Phi) is 3.66. The van der Waals surface area contributed by atoms with E-state index in [2.05, 4.69) is 11.1 Å². The van der Waals surface area contributed by atoms with Gasteiger partial charge in [-0.1, -0.05) is 26.0 Å². The van der Waals surface area contributed by atoms with Crippen molar-refractivity contribution in [2.45, 2.75) is 33.1 Å². The SMILES string of the molecule is CC[C@](C)(CC(=O)O)Cc1nc2ccccc2s1. The lowest BCUT2D eigenvalue weighted by Gasteiger charge is -2.24. The van der Waals surface area contributed by atoms with Crippen LogP contribution >= 0.6 is 11.3 Å². The molecule has 0 aliphatic rings. The van der Waals surface area contributed by atoms with Gasteiger partial charge in [0.1, 0.15) is 0 Å². The quantitative estimate of drug-likeness (QED) is 0.894. The number of aliphatic carboxylic acids is 1. The van der Waals surface area contributed by atoms with Gasteiger partial charge in [-0.15, -0.1) is 11.3 Å². The van der Waals surface area contributed by atoms with Crippen molar-refractivity contribution in [3.63, 3.8) is 0 Å². The Morgan fingerprint density at radius 3 is 2.78 bits per heavy atom. The van der Waals surface area contributed by atoms with Crippen molar-refractivity contribution in [2.75, 3.05) is 0 Å². The molecule has 0 aliphatic heterocycles. The molecule has 0 fully saturated rings. The third-order valence-electron chi connectivity index (χ3n) is 3.35. The zero-order chi connectivity index (χ0) is 13.2. The summed E-state index contributed by atoms with van der Waals surface area (Å²) in [5.41, 5.74) is 0.797. The Balaban J connectivity index is 2.23. The van der Waals surface area contributed by atoms with E-state index in [1.54, 1.807) is 11.3 Å². The monoisotopic (exact) mass is 263 g/mol. The predicted octanol–water partition coefficient (Wildman–Crippen LogP) is 3.73. The maximum absolute atomic E-state index is 10.9. The van der Waals surface area contributed by atoms with Crippen LogP contribution in [0.15, 0.2) is 24.3 Å². The van der Waals surface area contributed by atoms with E-state index >= 15 is 0 Å². The number of fused-ring (bicyclic) bond motifs is 1. The summed E-state index contributed by atoms with van der Waals surface area (Å²) in [5.74, 6) is -0.736. The van der Waals surface area contributed by atoms with Crippen molar-refractivity contribution in [1.82, 2.24) is 4.98 Å². The van der Waals surface area contributed by atoms with Crippen LogP contribution in [0, 0.1) is 5.41 Å². The number of hydrogen-bond acceptors (Lipinski definition) is 3. The molecule has 1 atom stereocenters. The van der Waals surface area contributed by atoms with E-state index in [4.69, 9.17) is 5.11 Å². The number of carboxylic acid groups (broad SMARTS) is 1. The second kappa shape index (κ2) is 5.06. The van der Waals surface area contributed by atoms with Gasteiger partial charge in [-0.05, 0) is 24.0 Å². The standard InChI is InChI=1S/C14H17NO2S/c1-3-14(2,9-13(16)17)8-12-15-10-6-4-5-7-11(10)18-12/h4-7H,3,8-9H2,1-2H3,(H,16,17)/t14-/m0/s1. The van der Waals surface area contributed by atoms with Gasteiger partial charge in [-0.3, -0.25) is 4.79 Å². The Labute approximate surface area is 110 Å². The molecule has 1 heterocycles. The number of aromatic nitrogens is 1. The van der Waals surface area contributed by atoms with Gasteiger partial charge < -0.3 is 5.11 Å². The number of carbonyl (C=O) groups is 1. The van der Waals surface area contributed by atoms with Crippen molar-refractivity contribution < 1.29 is 9.90 Å². The summed E-state index contributed by atoms with van der Waals surface area (Å²) < 4.78 is 1.17. The smallest absolute Gasteiger partial charge is 0.303 e. The minimum Gasteiger partial charge on any atom is -0.481 e. The molecule has 1 aromatic carbocycles. The van der Waals surface area contributed by atoms with Crippen LogP contribution in [0.3, 0.4) is 0 Å². The molecule has 0 saturated heterocycles. The number of carboxylic acids is 1. The van der Waals surface area contributed by atoms with Crippen LogP contribution in [-0.2, 0) is 11.2 Å². The summed E-state index contributed by atoms with van der Waals surface area (Å²) in [4.78, 5) is 15.5. The Bertz CT molecular complexity index is 531. The van der Waals surface area contributed by atoms with Crippen LogP contribution in [0.2, 0.25) is 0 Å². The topological polar surface area (TPSA) is 50.2 Å². The molecule has 0 saturated carbocycles. The molecule has 4 heteroatoms. The fourth-order valence-corrected chi connectivity index (χ4v) is 3.22. The number of nitrogens with zero attached hydrogens (tertiary/aromatic N) is 1. The summed E-state index contributed by atoms with van der Waals surface area (Å²) in [7, 11) is 0. The highest BCUT2D eigenvalue weighted by Crippen LogP contribution is 2.33. The number of para-hydroxylation sites is 1. The average Bonchev–Trinajstić information content (AvgIpc) is 2.69. The van der Waals surface area contributed by atoms with E-state index in [1.165, 1.54) is 4.70 Å². The van der Waals surface area contributed by atoms with Crippen LogP contribution in [-0.4, -0.2) is 16.1 Å². The minimum absolute atomic E-state index is 0.194. The van der Waals surface area contributed by atoms with E-state index in [0.717, 1.165) is 23.4 Å². The first-order valence-corrected chi connectivity index (χ1v) is 6.90. The largest absolute Gasteiger partial charge is 0.481 e. The van der Waals surface area contributed by atoms with E-state index < -0.39 is 5.97 Å². The van der Waals surface area contributed by atoms with Gasteiger partial charge in [0.15, 0.2) is 0 Å². The van der Waals surface area contributed by atoms with Crippen LogP contribution in [0.25, 0.3) is 10.2 Å². The van der Waals surface area contributed by atoms with E-state index in [0.29, 0.717) is 0 Å². The molecule has 0 spiro atoms. The van der Waals surface area contributed by atoms with Gasteiger partial charge in [0.2, 0.25) is 0 Å². The molecular weight excluding hydrogens is 246 g/mol. The summed E-state index contributed by atoms with van der Waals surface area (Å²) in [5, 5.41) is 10.0. The first-order chi connectivity index (χ1) is 8.52. The molecule has 0 aliphatic carbocycles.